The summed E-state index contributed by atoms with van der Waals surface area (Å²) in [6.45, 7) is 1.09. The highest BCUT2D eigenvalue weighted by Gasteiger charge is 2.27. The van der Waals surface area contributed by atoms with Gasteiger partial charge < -0.3 is 15.5 Å². The Hall–Kier alpha value is -3.33. The van der Waals surface area contributed by atoms with Crippen LogP contribution in [0.5, 0.6) is 0 Å². The Morgan fingerprint density at radius 2 is 1.54 bits per heavy atom. The van der Waals surface area contributed by atoms with E-state index in [0.717, 1.165) is 5.69 Å². The zero-order valence-corrected chi connectivity index (χ0v) is 14.3. The van der Waals surface area contributed by atoms with Crippen LogP contribution in [0.3, 0.4) is 0 Å². The van der Waals surface area contributed by atoms with E-state index in [1.54, 1.807) is 29.2 Å². The third kappa shape index (κ3) is 4.39. The van der Waals surface area contributed by atoms with Crippen LogP contribution < -0.4 is 10.6 Å². The number of piperidine rings is 1. The average Bonchev–Trinajstić information content (AvgIpc) is 2.69. The van der Waals surface area contributed by atoms with Crippen LogP contribution in [-0.2, 0) is 4.79 Å². The molecule has 132 valence electrons. The SMILES string of the molecule is N#Cc1ccc(NC(=O)C2CCN(C(=O)Nc3ccccc3)CC2)cc1. The molecule has 6 heteroatoms. The normalized spacial score (nSPS) is 14.3. The summed E-state index contributed by atoms with van der Waals surface area (Å²) in [5.74, 6) is -0.163. The highest BCUT2D eigenvalue weighted by molar-refractivity contribution is 5.93. The van der Waals surface area contributed by atoms with E-state index >= 15 is 0 Å². The molecule has 1 heterocycles. The van der Waals surface area contributed by atoms with Crippen molar-refractivity contribution in [2.45, 2.75) is 12.8 Å². The second-order valence-electron chi connectivity index (χ2n) is 6.24. The van der Waals surface area contributed by atoms with Gasteiger partial charge in [0.05, 0.1) is 11.6 Å². The first-order valence-electron chi connectivity index (χ1n) is 8.58. The number of nitriles is 1. The fraction of sp³-hybridized carbons (Fsp3) is 0.250. The van der Waals surface area contributed by atoms with Gasteiger partial charge in [0.25, 0.3) is 0 Å². The number of likely N-dealkylation sites (tertiary alicyclic amines) is 1. The molecule has 6 nitrogen and oxygen atoms in total. The number of carbonyl (C=O) groups excluding carboxylic acids is 2. The Kier molecular flexibility index (Phi) is 5.49. The Balaban J connectivity index is 1.48. The van der Waals surface area contributed by atoms with Crippen LogP contribution >= 0.6 is 0 Å². The van der Waals surface area contributed by atoms with E-state index < -0.39 is 0 Å². The lowest BCUT2D eigenvalue weighted by Crippen LogP contribution is -2.43. The predicted molar refractivity (Wildman–Crippen MR) is 99.5 cm³/mol. The maximum atomic E-state index is 12.4. The molecule has 2 aromatic carbocycles. The standard InChI is InChI=1S/C20H20N4O2/c21-14-15-6-8-18(9-7-15)22-19(25)16-10-12-24(13-11-16)20(26)23-17-4-2-1-3-5-17/h1-9,16H,10-13H2,(H,22,25)(H,23,26). The van der Waals surface area contributed by atoms with Gasteiger partial charge in [-0.25, -0.2) is 4.79 Å². The summed E-state index contributed by atoms with van der Waals surface area (Å²) in [6, 6.07) is 18.0. The van der Waals surface area contributed by atoms with Gasteiger partial charge in [-0.15, -0.1) is 0 Å². The second kappa shape index (κ2) is 8.17. The number of amides is 3. The highest BCUT2D eigenvalue weighted by Crippen LogP contribution is 2.20. The molecule has 0 bridgehead atoms. The molecule has 1 aliphatic heterocycles. The van der Waals surface area contributed by atoms with E-state index in [4.69, 9.17) is 5.26 Å². The van der Waals surface area contributed by atoms with Crippen LogP contribution in [0.4, 0.5) is 16.2 Å². The summed E-state index contributed by atoms with van der Waals surface area (Å²) in [5, 5.41) is 14.5. The van der Waals surface area contributed by atoms with Gasteiger partial charge in [-0.1, -0.05) is 18.2 Å². The number of urea groups is 1. The van der Waals surface area contributed by atoms with Crippen LogP contribution in [0.2, 0.25) is 0 Å². The van der Waals surface area contributed by atoms with Crippen LogP contribution in [-0.4, -0.2) is 29.9 Å². The third-order valence-corrected chi connectivity index (χ3v) is 4.46. The van der Waals surface area contributed by atoms with Gasteiger partial charge in [-0.2, -0.15) is 5.26 Å². The van der Waals surface area contributed by atoms with Crippen molar-refractivity contribution in [1.29, 1.82) is 5.26 Å². The molecule has 0 atom stereocenters. The molecular formula is C20H20N4O2. The molecule has 0 unspecified atom stereocenters. The summed E-state index contributed by atoms with van der Waals surface area (Å²) in [5.41, 5.74) is 2.00. The molecule has 1 saturated heterocycles. The smallest absolute Gasteiger partial charge is 0.321 e. The van der Waals surface area contributed by atoms with Gasteiger partial charge in [0.2, 0.25) is 5.91 Å². The van der Waals surface area contributed by atoms with Crippen LogP contribution in [0.1, 0.15) is 18.4 Å². The number of hydrogen-bond donors (Lipinski definition) is 2. The molecule has 0 spiro atoms. The molecule has 0 aromatic heterocycles. The van der Waals surface area contributed by atoms with Gasteiger partial charge >= 0.3 is 6.03 Å². The minimum absolute atomic E-state index is 0.0437. The van der Waals surface area contributed by atoms with E-state index in [9.17, 15) is 9.59 Å². The van der Waals surface area contributed by atoms with Crippen molar-refractivity contribution in [1.82, 2.24) is 4.90 Å². The van der Waals surface area contributed by atoms with Gasteiger partial charge in [0.15, 0.2) is 0 Å². The lowest BCUT2D eigenvalue weighted by Gasteiger charge is -2.31. The minimum atomic E-state index is -0.137. The number of nitrogens with zero attached hydrogens (tertiary/aromatic N) is 2. The fourth-order valence-corrected chi connectivity index (χ4v) is 2.94. The Morgan fingerprint density at radius 3 is 2.15 bits per heavy atom. The first-order chi connectivity index (χ1) is 12.7. The fourth-order valence-electron chi connectivity index (χ4n) is 2.94. The van der Waals surface area contributed by atoms with Crippen LogP contribution in [0.25, 0.3) is 0 Å². The maximum absolute atomic E-state index is 12.4. The lowest BCUT2D eigenvalue weighted by atomic mass is 9.96. The molecular weight excluding hydrogens is 328 g/mol. The summed E-state index contributed by atoms with van der Waals surface area (Å²) < 4.78 is 0. The Bertz CT molecular complexity index is 804. The van der Waals surface area contributed by atoms with Crippen molar-refractivity contribution >= 4 is 23.3 Å². The number of rotatable bonds is 3. The molecule has 0 saturated carbocycles. The molecule has 0 aliphatic carbocycles. The maximum Gasteiger partial charge on any atom is 0.321 e. The van der Waals surface area contributed by atoms with Gasteiger partial charge in [0.1, 0.15) is 0 Å². The highest BCUT2D eigenvalue weighted by atomic mass is 16.2. The van der Waals surface area contributed by atoms with E-state index in [2.05, 4.69) is 10.6 Å². The summed E-state index contributed by atoms with van der Waals surface area (Å²) >= 11 is 0. The molecule has 3 rings (SSSR count). The molecule has 26 heavy (non-hydrogen) atoms. The van der Waals surface area contributed by atoms with Crippen molar-refractivity contribution in [3.8, 4) is 6.07 Å². The molecule has 2 N–H and O–H groups in total. The van der Waals surface area contributed by atoms with Crippen LogP contribution in [0, 0.1) is 17.2 Å². The van der Waals surface area contributed by atoms with E-state index in [-0.39, 0.29) is 17.9 Å². The number of hydrogen-bond acceptors (Lipinski definition) is 3. The average molecular weight is 348 g/mol. The summed E-state index contributed by atoms with van der Waals surface area (Å²) in [7, 11) is 0. The molecule has 0 radical (unpaired) electrons. The molecule has 2 aromatic rings. The van der Waals surface area contributed by atoms with Crippen molar-refractivity contribution in [3.05, 3.63) is 60.2 Å². The van der Waals surface area contributed by atoms with Crippen molar-refractivity contribution in [2.75, 3.05) is 23.7 Å². The van der Waals surface area contributed by atoms with E-state index in [0.29, 0.717) is 37.2 Å². The second-order valence-corrected chi connectivity index (χ2v) is 6.24. The minimum Gasteiger partial charge on any atom is -0.326 e. The first-order valence-corrected chi connectivity index (χ1v) is 8.58. The van der Waals surface area contributed by atoms with Gasteiger partial charge in [-0.05, 0) is 49.2 Å². The number of anilines is 2. The van der Waals surface area contributed by atoms with E-state index in [1.807, 2.05) is 36.4 Å². The number of carbonyl (C=O) groups is 2. The molecule has 1 aliphatic rings. The zero-order valence-electron chi connectivity index (χ0n) is 14.3. The lowest BCUT2D eigenvalue weighted by molar-refractivity contribution is -0.121. The van der Waals surface area contributed by atoms with Crippen molar-refractivity contribution < 1.29 is 9.59 Å². The molecule has 1 fully saturated rings. The molecule has 3 amide bonds. The topological polar surface area (TPSA) is 85.2 Å². The number of benzene rings is 2. The Labute approximate surface area is 152 Å². The predicted octanol–water partition coefficient (Wildman–Crippen LogP) is 3.44. The Morgan fingerprint density at radius 1 is 0.923 bits per heavy atom. The quantitative estimate of drug-likeness (QED) is 0.891. The monoisotopic (exact) mass is 348 g/mol. The van der Waals surface area contributed by atoms with E-state index in [1.165, 1.54) is 0 Å². The number of nitrogens with one attached hydrogen (secondary N) is 2. The zero-order chi connectivity index (χ0) is 18.4. The summed E-state index contributed by atoms with van der Waals surface area (Å²) in [4.78, 5) is 26.4. The van der Waals surface area contributed by atoms with Crippen molar-refractivity contribution in [2.24, 2.45) is 5.92 Å². The summed E-state index contributed by atoms with van der Waals surface area (Å²) in [6.07, 6.45) is 1.26. The van der Waals surface area contributed by atoms with Gasteiger partial charge in [-0.3, -0.25) is 4.79 Å². The first kappa shape index (κ1) is 17.5. The largest absolute Gasteiger partial charge is 0.326 e. The number of para-hydroxylation sites is 1. The van der Waals surface area contributed by atoms with Crippen LogP contribution in [0.15, 0.2) is 54.6 Å². The third-order valence-electron chi connectivity index (χ3n) is 4.46. The van der Waals surface area contributed by atoms with Gasteiger partial charge in [0, 0.05) is 30.4 Å². The van der Waals surface area contributed by atoms with Crippen molar-refractivity contribution in [3.63, 3.8) is 0 Å².